The topological polar surface area (TPSA) is 40.5 Å². The molecule has 0 aromatic heterocycles. The van der Waals surface area contributed by atoms with E-state index in [0.29, 0.717) is 5.69 Å². The second-order valence-electron chi connectivity index (χ2n) is 6.83. The Morgan fingerprint density at radius 1 is 1.00 bits per heavy atom. The molecule has 2 aromatic carbocycles. The van der Waals surface area contributed by atoms with Crippen LogP contribution in [0.3, 0.4) is 0 Å². The Morgan fingerprint density at radius 3 is 2.33 bits per heavy atom. The Hall–Kier alpha value is -2.36. The van der Waals surface area contributed by atoms with Crippen molar-refractivity contribution in [1.82, 2.24) is 0 Å². The number of amides is 1. The first-order valence-corrected chi connectivity index (χ1v) is 8.51. The Kier molecular flexibility index (Phi) is 3.56. The van der Waals surface area contributed by atoms with E-state index in [1.54, 1.807) is 35.2 Å². The van der Waals surface area contributed by atoms with Crippen LogP contribution < -0.4 is 4.90 Å². The first-order valence-electron chi connectivity index (χ1n) is 8.51. The van der Waals surface area contributed by atoms with Crippen LogP contribution in [0.2, 0.25) is 0 Å². The zero-order valence-corrected chi connectivity index (χ0v) is 13.4. The summed E-state index contributed by atoms with van der Waals surface area (Å²) >= 11 is 0. The third-order valence-corrected chi connectivity index (χ3v) is 5.50. The lowest BCUT2D eigenvalue weighted by Gasteiger charge is -2.58. The monoisotopic (exact) mass is 325 g/mol. The Balaban J connectivity index is 1.80. The fraction of sp³-hybridized carbons (Fsp3) is 0.350. The minimum absolute atomic E-state index is 0.0815. The van der Waals surface area contributed by atoms with E-state index in [0.717, 1.165) is 37.7 Å². The van der Waals surface area contributed by atoms with Crippen molar-refractivity contribution in [1.29, 1.82) is 0 Å². The van der Waals surface area contributed by atoms with Gasteiger partial charge in [0.05, 0.1) is 17.1 Å². The highest BCUT2D eigenvalue weighted by Gasteiger charge is 2.61. The van der Waals surface area contributed by atoms with Gasteiger partial charge in [0.1, 0.15) is 11.6 Å². The highest BCUT2D eigenvalue weighted by Crippen LogP contribution is 2.60. The van der Waals surface area contributed by atoms with E-state index in [1.165, 1.54) is 12.1 Å². The van der Waals surface area contributed by atoms with E-state index in [4.69, 9.17) is 0 Å². The smallest absolute Gasteiger partial charge is 0.236 e. The molecule has 1 saturated heterocycles. The lowest BCUT2D eigenvalue weighted by molar-refractivity contribution is -0.143. The predicted molar refractivity (Wildman–Crippen MR) is 90.3 cm³/mol. The first kappa shape index (κ1) is 15.2. The van der Waals surface area contributed by atoms with Gasteiger partial charge in [-0.1, -0.05) is 43.5 Å². The molecule has 2 aromatic rings. The summed E-state index contributed by atoms with van der Waals surface area (Å²) in [5.74, 6) is -0.0992. The van der Waals surface area contributed by atoms with Gasteiger partial charge in [0.15, 0.2) is 0 Å². The Labute approximate surface area is 140 Å². The summed E-state index contributed by atoms with van der Waals surface area (Å²) in [6.45, 7) is 0. The number of carbonyl (C=O) groups excluding carboxylic acids is 1. The minimum atomic E-state index is -0.404. The molecule has 124 valence electrons. The van der Waals surface area contributed by atoms with Gasteiger partial charge >= 0.3 is 0 Å². The van der Waals surface area contributed by atoms with Crippen LogP contribution in [0.25, 0.3) is 0 Å². The van der Waals surface area contributed by atoms with Crippen molar-refractivity contribution in [3.63, 3.8) is 0 Å². The summed E-state index contributed by atoms with van der Waals surface area (Å²) in [4.78, 5) is 14.8. The average Bonchev–Trinajstić information content (AvgIpc) is 2.62. The quantitative estimate of drug-likeness (QED) is 0.822. The number of rotatable bonds is 2. The number of phenols is 1. The van der Waals surface area contributed by atoms with Crippen LogP contribution in [0.15, 0.2) is 48.5 Å². The minimum Gasteiger partial charge on any atom is -0.506 e. The largest absolute Gasteiger partial charge is 0.506 e. The van der Waals surface area contributed by atoms with E-state index < -0.39 is 5.41 Å². The number of carbonyl (C=O) groups is 1. The number of hydrogen-bond donors (Lipinski definition) is 1. The highest BCUT2D eigenvalue weighted by atomic mass is 19.1. The van der Waals surface area contributed by atoms with Crippen LogP contribution in [0.1, 0.15) is 43.7 Å². The molecular formula is C20H20FNO2. The van der Waals surface area contributed by atoms with Crippen LogP contribution in [0.4, 0.5) is 10.1 Å². The zero-order valence-electron chi connectivity index (χ0n) is 13.4. The summed E-state index contributed by atoms with van der Waals surface area (Å²) in [5, 5.41) is 10.2. The number of benzene rings is 2. The molecule has 1 saturated carbocycles. The molecule has 3 nitrogen and oxygen atoms in total. The number of nitrogens with zero attached hydrogens (tertiary/aromatic N) is 1. The summed E-state index contributed by atoms with van der Waals surface area (Å²) < 4.78 is 13.3. The fourth-order valence-electron chi connectivity index (χ4n) is 4.35. The molecule has 4 heteroatoms. The van der Waals surface area contributed by atoms with E-state index in [2.05, 4.69) is 0 Å². The van der Waals surface area contributed by atoms with Gasteiger partial charge in [-0.3, -0.25) is 9.69 Å². The molecule has 1 atom stereocenters. The number of aromatic hydroxyl groups is 1. The first-order chi connectivity index (χ1) is 11.6. The number of anilines is 1. The summed E-state index contributed by atoms with van der Waals surface area (Å²) in [5.41, 5.74) is 1.06. The van der Waals surface area contributed by atoms with Crippen LogP contribution in [0, 0.1) is 11.2 Å². The van der Waals surface area contributed by atoms with Gasteiger partial charge in [0.25, 0.3) is 0 Å². The van der Waals surface area contributed by atoms with Crippen molar-refractivity contribution < 1.29 is 14.3 Å². The van der Waals surface area contributed by atoms with Gasteiger partial charge in [-0.2, -0.15) is 0 Å². The molecule has 2 aliphatic rings. The van der Waals surface area contributed by atoms with Gasteiger partial charge in [-0.05, 0) is 42.7 Å². The van der Waals surface area contributed by atoms with Crippen LogP contribution in [-0.4, -0.2) is 11.0 Å². The van der Waals surface area contributed by atoms with E-state index in [-0.39, 0.29) is 23.5 Å². The number of β-lactam (4-membered cyclic amide) rings is 1. The van der Waals surface area contributed by atoms with Crippen LogP contribution >= 0.6 is 0 Å². The number of para-hydroxylation sites is 2. The molecule has 1 aliphatic carbocycles. The van der Waals surface area contributed by atoms with Crippen molar-refractivity contribution in [3.8, 4) is 5.75 Å². The molecule has 1 amide bonds. The third-order valence-electron chi connectivity index (χ3n) is 5.50. The standard InChI is InChI=1S/C20H20FNO2/c21-15-10-8-14(9-11-15)18-20(12-4-1-5-13-20)19(24)22(18)16-6-2-3-7-17(16)23/h2-3,6-11,18,23H,1,4-5,12-13H2. The maximum absolute atomic E-state index is 13.3. The number of phenolic OH excluding ortho intramolecular Hbond substituents is 1. The molecule has 24 heavy (non-hydrogen) atoms. The van der Waals surface area contributed by atoms with Crippen molar-refractivity contribution in [3.05, 3.63) is 59.9 Å². The molecule has 1 unspecified atom stereocenters. The SMILES string of the molecule is O=C1N(c2ccccc2O)C(c2ccc(F)cc2)C12CCCCC2. The van der Waals surface area contributed by atoms with E-state index in [9.17, 15) is 14.3 Å². The zero-order chi connectivity index (χ0) is 16.7. The maximum Gasteiger partial charge on any atom is 0.236 e. The van der Waals surface area contributed by atoms with Gasteiger partial charge < -0.3 is 5.11 Å². The van der Waals surface area contributed by atoms with Crippen LogP contribution in [-0.2, 0) is 4.79 Å². The highest BCUT2D eigenvalue weighted by molar-refractivity contribution is 6.07. The van der Waals surface area contributed by atoms with Gasteiger partial charge in [0.2, 0.25) is 5.91 Å². The predicted octanol–water partition coefficient (Wildman–Crippen LogP) is 4.57. The molecule has 1 N–H and O–H groups in total. The fourth-order valence-corrected chi connectivity index (χ4v) is 4.35. The molecular weight excluding hydrogens is 305 g/mol. The molecule has 1 heterocycles. The van der Waals surface area contributed by atoms with Crippen molar-refractivity contribution >= 4 is 11.6 Å². The van der Waals surface area contributed by atoms with Crippen molar-refractivity contribution in [2.45, 2.75) is 38.1 Å². The molecule has 1 aliphatic heterocycles. The van der Waals surface area contributed by atoms with Crippen LogP contribution in [0.5, 0.6) is 5.75 Å². The molecule has 4 rings (SSSR count). The van der Waals surface area contributed by atoms with E-state index in [1.807, 2.05) is 6.07 Å². The lowest BCUT2D eigenvalue weighted by Crippen LogP contribution is -2.64. The van der Waals surface area contributed by atoms with E-state index >= 15 is 0 Å². The van der Waals surface area contributed by atoms with Gasteiger partial charge in [0, 0.05) is 0 Å². The molecule has 0 radical (unpaired) electrons. The normalized spacial score (nSPS) is 22.5. The summed E-state index contributed by atoms with van der Waals surface area (Å²) in [7, 11) is 0. The maximum atomic E-state index is 13.3. The Morgan fingerprint density at radius 2 is 1.67 bits per heavy atom. The molecule has 1 spiro atoms. The molecule has 0 bridgehead atoms. The van der Waals surface area contributed by atoms with Crippen molar-refractivity contribution in [2.75, 3.05) is 4.90 Å². The summed E-state index contributed by atoms with van der Waals surface area (Å²) in [6, 6.07) is 13.2. The van der Waals surface area contributed by atoms with Crippen molar-refractivity contribution in [2.24, 2.45) is 5.41 Å². The number of hydrogen-bond acceptors (Lipinski definition) is 2. The second kappa shape index (κ2) is 5.62. The number of halogens is 1. The van der Waals surface area contributed by atoms with Gasteiger partial charge in [-0.25, -0.2) is 4.39 Å². The lowest BCUT2D eigenvalue weighted by atomic mass is 9.60. The van der Waals surface area contributed by atoms with Gasteiger partial charge in [-0.15, -0.1) is 0 Å². The molecule has 2 fully saturated rings. The second-order valence-corrected chi connectivity index (χ2v) is 6.83. The Bertz CT molecular complexity index is 765. The third kappa shape index (κ3) is 2.13. The summed E-state index contributed by atoms with van der Waals surface area (Å²) in [6.07, 6.45) is 4.95. The average molecular weight is 325 g/mol.